The van der Waals surface area contributed by atoms with Crippen LogP contribution < -0.4 is 14.8 Å². The van der Waals surface area contributed by atoms with Crippen LogP contribution in [0.3, 0.4) is 0 Å². The van der Waals surface area contributed by atoms with Gasteiger partial charge in [0.25, 0.3) is 0 Å². The third kappa shape index (κ3) is 4.65. The highest BCUT2D eigenvalue weighted by Gasteiger charge is 2.19. The molecule has 140 valence electrons. The topological polar surface area (TPSA) is 56.3 Å². The second kappa shape index (κ2) is 8.39. The molecular weight excluding hydrogens is 326 g/mol. The summed E-state index contributed by atoms with van der Waals surface area (Å²) in [5.41, 5.74) is 1.89. The summed E-state index contributed by atoms with van der Waals surface area (Å²) in [6.45, 7) is 6.36. The molecule has 0 spiro atoms. The summed E-state index contributed by atoms with van der Waals surface area (Å²) in [5.74, 6) is 2.91. The lowest BCUT2D eigenvalue weighted by atomic mass is 9.87. The van der Waals surface area contributed by atoms with Crippen molar-refractivity contribution in [2.24, 2.45) is 5.92 Å². The normalized spacial score (nSPS) is 20.0. The van der Waals surface area contributed by atoms with Gasteiger partial charge in [-0.15, -0.1) is 0 Å². The molecule has 1 aromatic carbocycles. The first-order valence-electron chi connectivity index (χ1n) is 9.49. The Bertz CT molecular complexity index is 708. The fourth-order valence-electron chi connectivity index (χ4n) is 3.36. The molecule has 1 aromatic heterocycles. The molecule has 3 rings (SSSR count). The van der Waals surface area contributed by atoms with Gasteiger partial charge in [0.05, 0.1) is 18.8 Å². The zero-order valence-corrected chi connectivity index (χ0v) is 16.2. The van der Waals surface area contributed by atoms with Crippen LogP contribution in [-0.2, 0) is 0 Å². The van der Waals surface area contributed by atoms with Gasteiger partial charge in [0.1, 0.15) is 5.75 Å². The van der Waals surface area contributed by atoms with Crippen molar-refractivity contribution in [3.8, 4) is 22.8 Å². The van der Waals surface area contributed by atoms with E-state index in [1.807, 2.05) is 44.3 Å². The number of aromatic nitrogens is 2. The van der Waals surface area contributed by atoms with Gasteiger partial charge in [-0.2, -0.15) is 4.98 Å². The van der Waals surface area contributed by atoms with E-state index in [0.29, 0.717) is 17.9 Å². The number of nitrogens with one attached hydrogen (secondary N) is 1. The Labute approximate surface area is 156 Å². The van der Waals surface area contributed by atoms with Crippen LogP contribution in [0.4, 0.5) is 5.95 Å². The van der Waals surface area contributed by atoms with E-state index in [1.54, 1.807) is 7.11 Å². The molecule has 0 atom stereocenters. The molecule has 1 aliphatic carbocycles. The number of anilines is 1. The van der Waals surface area contributed by atoms with Gasteiger partial charge in [0.2, 0.25) is 11.8 Å². The molecule has 0 radical (unpaired) electrons. The lowest BCUT2D eigenvalue weighted by Gasteiger charge is -2.27. The van der Waals surface area contributed by atoms with Crippen molar-refractivity contribution in [1.29, 1.82) is 0 Å². The van der Waals surface area contributed by atoms with Crippen LogP contribution in [-0.4, -0.2) is 29.2 Å². The monoisotopic (exact) mass is 355 g/mol. The summed E-state index contributed by atoms with van der Waals surface area (Å²) in [7, 11) is 1.65. The largest absolute Gasteiger partial charge is 0.491 e. The average molecular weight is 355 g/mol. The maximum atomic E-state index is 5.70. The van der Waals surface area contributed by atoms with Gasteiger partial charge in [-0.1, -0.05) is 19.1 Å². The number of hydrogen-bond donors (Lipinski definition) is 1. The first-order chi connectivity index (χ1) is 12.5. The molecule has 1 saturated carbocycles. The first-order valence-corrected chi connectivity index (χ1v) is 9.49. The zero-order chi connectivity index (χ0) is 18.5. The Morgan fingerprint density at radius 1 is 1.08 bits per heavy atom. The second-order valence-corrected chi connectivity index (χ2v) is 7.41. The van der Waals surface area contributed by atoms with E-state index in [-0.39, 0.29) is 6.10 Å². The smallest absolute Gasteiger partial charge is 0.226 e. The maximum Gasteiger partial charge on any atom is 0.226 e. The van der Waals surface area contributed by atoms with Crippen LogP contribution in [0.2, 0.25) is 0 Å². The molecule has 1 heterocycles. The second-order valence-electron chi connectivity index (χ2n) is 7.41. The molecular formula is C21H29N3O2. The van der Waals surface area contributed by atoms with Gasteiger partial charge in [-0.25, -0.2) is 4.98 Å². The highest BCUT2D eigenvalue weighted by molar-refractivity contribution is 5.69. The van der Waals surface area contributed by atoms with Gasteiger partial charge in [-0.3, -0.25) is 0 Å². The van der Waals surface area contributed by atoms with Crippen LogP contribution in [0.1, 0.15) is 46.5 Å². The molecule has 1 aliphatic rings. The average Bonchev–Trinajstić information content (AvgIpc) is 2.64. The molecule has 0 amide bonds. The molecule has 0 bridgehead atoms. The van der Waals surface area contributed by atoms with Crippen LogP contribution in [0.25, 0.3) is 11.1 Å². The van der Waals surface area contributed by atoms with Crippen LogP contribution in [0, 0.1) is 5.92 Å². The van der Waals surface area contributed by atoms with E-state index >= 15 is 0 Å². The molecule has 2 aromatic rings. The lowest BCUT2D eigenvalue weighted by molar-refractivity contribution is 0.242. The van der Waals surface area contributed by atoms with Crippen LogP contribution in [0.5, 0.6) is 11.6 Å². The highest BCUT2D eigenvalue weighted by atomic mass is 16.5. The first kappa shape index (κ1) is 18.5. The lowest BCUT2D eigenvalue weighted by Crippen LogP contribution is -2.26. The number of methoxy groups -OCH3 is 1. The van der Waals surface area contributed by atoms with Crippen LogP contribution >= 0.6 is 0 Å². The summed E-state index contributed by atoms with van der Waals surface area (Å²) < 4.78 is 11.2. The Kier molecular flexibility index (Phi) is 5.96. The fourth-order valence-corrected chi connectivity index (χ4v) is 3.36. The molecule has 0 saturated heterocycles. The van der Waals surface area contributed by atoms with E-state index in [0.717, 1.165) is 22.8 Å². The zero-order valence-electron chi connectivity index (χ0n) is 16.2. The summed E-state index contributed by atoms with van der Waals surface area (Å²) >= 11 is 0. The number of rotatable bonds is 6. The minimum atomic E-state index is 0.159. The predicted octanol–water partition coefficient (Wildman–Crippen LogP) is 4.93. The van der Waals surface area contributed by atoms with E-state index < -0.39 is 0 Å². The number of benzene rings is 1. The summed E-state index contributed by atoms with van der Waals surface area (Å²) in [6.07, 6.45) is 6.86. The standard InChI is InChI=1S/C21H29N3O2/c1-14(2)26-18-11-7-16(8-12-18)19-13-22-21(24-20(19)25-4)23-17-9-5-15(3)6-10-17/h7-8,11-15,17H,5-6,9-10H2,1-4H3,(H,22,23,24). The fraction of sp³-hybridized carbons (Fsp3) is 0.524. The van der Waals surface area contributed by atoms with Crippen LogP contribution in [0.15, 0.2) is 30.5 Å². The maximum absolute atomic E-state index is 5.70. The highest BCUT2D eigenvalue weighted by Crippen LogP contribution is 2.31. The van der Waals surface area contributed by atoms with Crippen molar-refractivity contribution >= 4 is 5.95 Å². The molecule has 0 aliphatic heterocycles. The predicted molar refractivity (Wildman–Crippen MR) is 105 cm³/mol. The SMILES string of the molecule is COc1nc(NC2CCC(C)CC2)ncc1-c1ccc(OC(C)C)cc1. The van der Waals surface area contributed by atoms with E-state index in [9.17, 15) is 0 Å². The van der Waals surface area contributed by atoms with Crippen molar-refractivity contribution in [2.45, 2.75) is 58.6 Å². The van der Waals surface area contributed by atoms with E-state index in [2.05, 4.69) is 22.2 Å². The summed E-state index contributed by atoms with van der Waals surface area (Å²) in [4.78, 5) is 9.09. The van der Waals surface area contributed by atoms with Crippen molar-refractivity contribution in [3.05, 3.63) is 30.5 Å². The van der Waals surface area contributed by atoms with Gasteiger partial charge >= 0.3 is 0 Å². The van der Waals surface area contributed by atoms with Gasteiger partial charge in [0, 0.05) is 12.2 Å². The third-order valence-corrected chi connectivity index (χ3v) is 4.83. The molecule has 26 heavy (non-hydrogen) atoms. The Balaban J connectivity index is 1.74. The minimum Gasteiger partial charge on any atom is -0.491 e. The number of nitrogens with zero attached hydrogens (tertiary/aromatic N) is 2. The van der Waals surface area contributed by atoms with Gasteiger partial charge in [-0.05, 0) is 63.1 Å². The molecule has 0 unspecified atom stereocenters. The molecule has 5 nitrogen and oxygen atoms in total. The summed E-state index contributed by atoms with van der Waals surface area (Å²) in [6, 6.07) is 8.39. The van der Waals surface area contributed by atoms with Crippen molar-refractivity contribution in [1.82, 2.24) is 9.97 Å². The van der Waals surface area contributed by atoms with Crippen molar-refractivity contribution in [3.63, 3.8) is 0 Å². The third-order valence-electron chi connectivity index (χ3n) is 4.83. The molecule has 1 fully saturated rings. The quantitative estimate of drug-likeness (QED) is 0.796. The Morgan fingerprint density at radius 3 is 2.38 bits per heavy atom. The van der Waals surface area contributed by atoms with Gasteiger partial charge in [0.15, 0.2) is 0 Å². The van der Waals surface area contributed by atoms with Crippen molar-refractivity contribution < 1.29 is 9.47 Å². The van der Waals surface area contributed by atoms with E-state index in [4.69, 9.17) is 9.47 Å². The Morgan fingerprint density at radius 2 is 1.77 bits per heavy atom. The summed E-state index contributed by atoms with van der Waals surface area (Å²) in [5, 5.41) is 3.46. The molecule has 1 N–H and O–H groups in total. The van der Waals surface area contributed by atoms with Gasteiger partial charge < -0.3 is 14.8 Å². The number of ether oxygens (including phenoxy) is 2. The minimum absolute atomic E-state index is 0.159. The van der Waals surface area contributed by atoms with E-state index in [1.165, 1.54) is 25.7 Å². The van der Waals surface area contributed by atoms with Crippen molar-refractivity contribution in [2.75, 3.05) is 12.4 Å². The number of hydrogen-bond acceptors (Lipinski definition) is 5. The Hall–Kier alpha value is -2.30. The molecule has 5 heteroatoms.